The topological polar surface area (TPSA) is 70.6 Å². The van der Waals surface area contributed by atoms with Gasteiger partial charge in [0.05, 0.1) is 0 Å². The van der Waals surface area contributed by atoms with E-state index in [1.807, 2.05) is 20.8 Å². The fourth-order valence-electron chi connectivity index (χ4n) is 3.36. The van der Waals surface area contributed by atoms with Crippen LogP contribution in [-0.2, 0) is 4.74 Å². The fraction of sp³-hybridized carbons (Fsp3) is 0.941. The predicted octanol–water partition coefficient (Wildman–Crippen LogP) is 2.43. The van der Waals surface area contributed by atoms with Gasteiger partial charge in [-0.1, -0.05) is 6.42 Å². The highest BCUT2D eigenvalue weighted by atomic mass is 16.6. The molecule has 0 aromatic carbocycles. The van der Waals surface area contributed by atoms with Crippen LogP contribution >= 0.6 is 0 Å². The van der Waals surface area contributed by atoms with Crippen molar-refractivity contribution in [1.29, 1.82) is 0 Å². The zero-order valence-corrected chi connectivity index (χ0v) is 14.3. The maximum atomic E-state index is 11.8. The van der Waals surface area contributed by atoms with Gasteiger partial charge in [-0.15, -0.1) is 0 Å². The molecular formula is C17H32N2O3. The SMILES string of the molecule is CC(C)(C)OC(=O)NCC1CCCC1NCC1(CCO)CC1. The number of aliphatic hydroxyl groups excluding tert-OH is 1. The first-order valence-electron chi connectivity index (χ1n) is 8.65. The zero-order valence-electron chi connectivity index (χ0n) is 14.3. The smallest absolute Gasteiger partial charge is 0.407 e. The summed E-state index contributed by atoms with van der Waals surface area (Å²) in [6.45, 7) is 7.60. The van der Waals surface area contributed by atoms with E-state index in [0.29, 0.717) is 23.9 Å². The first-order chi connectivity index (χ1) is 10.3. The van der Waals surface area contributed by atoms with E-state index in [1.54, 1.807) is 0 Å². The Morgan fingerprint density at radius 2 is 2.05 bits per heavy atom. The second-order valence-corrected chi connectivity index (χ2v) is 8.03. The molecule has 128 valence electrons. The molecule has 2 aliphatic carbocycles. The summed E-state index contributed by atoms with van der Waals surface area (Å²) < 4.78 is 5.29. The highest BCUT2D eigenvalue weighted by Crippen LogP contribution is 2.48. The summed E-state index contributed by atoms with van der Waals surface area (Å²) in [4.78, 5) is 11.8. The van der Waals surface area contributed by atoms with Gasteiger partial charge in [0, 0.05) is 25.7 Å². The number of alkyl carbamates (subject to hydrolysis) is 1. The highest BCUT2D eigenvalue weighted by Gasteiger charge is 2.42. The molecule has 2 atom stereocenters. The van der Waals surface area contributed by atoms with Gasteiger partial charge in [-0.25, -0.2) is 4.79 Å². The fourth-order valence-corrected chi connectivity index (χ4v) is 3.36. The zero-order chi connectivity index (χ0) is 16.2. The Morgan fingerprint density at radius 1 is 1.32 bits per heavy atom. The third-order valence-electron chi connectivity index (χ3n) is 4.91. The normalized spacial score (nSPS) is 26.7. The van der Waals surface area contributed by atoms with Gasteiger partial charge < -0.3 is 20.5 Å². The number of hydrogen-bond acceptors (Lipinski definition) is 4. The maximum Gasteiger partial charge on any atom is 0.407 e. The number of carbonyl (C=O) groups is 1. The number of hydrogen-bond donors (Lipinski definition) is 3. The molecule has 0 aromatic heterocycles. The Bertz CT molecular complexity index is 375. The van der Waals surface area contributed by atoms with Crippen LogP contribution < -0.4 is 10.6 Å². The van der Waals surface area contributed by atoms with Crippen molar-refractivity contribution in [2.45, 2.75) is 70.9 Å². The molecule has 5 heteroatoms. The lowest BCUT2D eigenvalue weighted by Gasteiger charge is -2.25. The standard InChI is InChI=1S/C17H32N2O3/c1-16(2,3)22-15(21)18-11-13-5-4-6-14(13)19-12-17(7-8-17)9-10-20/h13-14,19-20H,4-12H2,1-3H3,(H,18,21). The number of nitrogens with one attached hydrogen (secondary N) is 2. The van der Waals surface area contributed by atoms with Crippen LogP contribution in [0.25, 0.3) is 0 Å². The van der Waals surface area contributed by atoms with Crippen molar-refractivity contribution in [3.05, 3.63) is 0 Å². The van der Waals surface area contributed by atoms with Crippen LogP contribution in [-0.4, -0.2) is 42.5 Å². The van der Waals surface area contributed by atoms with Crippen molar-refractivity contribution in [2.24, 2.45) is 11.3 Å². The van der Waals surface area contributed by atoms with E-state index in [4.69, 9.17) is 9.84 Å². The molecule has 3 N–H and O–H groups in total. The number of aliphatic hydroxyl groups is 1. The van der Waals surface area contributed by atoms with Gasteiger partial charge in [0.25, 0.3) is 0 Å². The quantitative estimate of drug-likeness (QED) is 0.675. The third kappa shape index (κ3) is 5.43. The lowest BCUT2D eigenvalue weighted by Crippen LogP contribution is -2.42. The summed E-state index contributed by atoms with van der Waals surface area (Å²) in [5.41, 5.74) is -0.0967. The van der Waals surface area contributed by atoms with Crippen LogP contribution in [0.5, 0.6) is 0 Å². The molecule has 0 heterocycles. The van der Waals surface area contributed by atoms with E-state index < -0.39 is 5.60 Å². The number of ether oxygens (including phenoxy) is 1. The summed E-state index contributed by atoms with van der Waals surface area (Å²) in [5, 5.41) is 15.7. The predicted molar refractivity (Wildman–Crippen MR) is 86.7 cm³/mol. The lowest BCUT2D eigenvalue weighted by atomic mass is 9.99. The van der Waals surface area contributed by atoms with Crippen molar-refractivity contribution < 1.29 is 14.6 Å². The molecule has 0 radical (unpaired) electrons. The van der Waals surface area contributed by atoms with E-state index in [1.165, 1.54) is 25.7 Å². The van der Waals surface area contributed by atoms with Crippen molar-refractivity contribution in [3.8, 4) is 0 Å². The van der Waals surface area contributed by atoms with E-state index in [9.17, 15) is 4.79 Å². The Kier molecular flexibility index (Phi) is 5.72. The Labute approximate surface area is 134 Å². The minimum atomic E-state index is -0.444. The van der Waals surface area contributed by atoms with Crippen molar-refractivity contribution in [1.82, 2.24) is 10.6 Å². The van der Waals surface area contributed by atoms with E-state index in [0.717, 1.165) is 19.4 Å². The van der Waals surface area contributed by atoms with Crippen LogP contribution in [0.2, 0.25) is 0 Å². The van der Waals surface area contributed by atoms with Gasteiger partial charge in [-0.05, 0) is 64.2 Å². The van der Waals surface area contributed by atoms with Crippen LogP contribution in [0.1, 0.15) is 59.3 Å². The van der Waals surface area contributed by atoms with Gasteiger partial charge in [0.1, 0.15) is 5.60 Å². The minimum Gasteiger partial charge on any atom is -0.444 e. The summed E-state index contributed by atoms with van der Waals surface area (Å²) in [6.07, 6.45) is 6.59. The van der Waals surface area contributed by atoms with Gasteiger partial charge in [0.15, 0.2) is 0 Å². The monoisotopic (exact) mass is 312 g/mol. The number of rotatable bonds is 7. The van der Waals surface area contributed by atoms with Gasteiger partial charge in [-0.2, -0.15) is 0 Å². The minimum absolute atomic E-state index is 0.288. The Balaban J connectivity index is 1.70. The van der Waals surface area contributed by atoms with E-state index >= 15 is 0 Å². The van der Waals surface area contributed by atoms with Crippen molar-refractivity contribution in [3.63, 3.8) is 0 Å². The van der Waals surface area contributed by atoms with Crippen molar-refractivity contribution in [2.75, 3.05) is 19.7 Å². The molecule has 2 rings (SSSR count). The van der Waals surface area contributed by atoms with Crippen LogP contribution in [0.3, 0.4) is 0 Å². The van der Waals surface area contributed by atoms with Crippen LogP contribution in [0.15, 0.2) is 0 Å². The lowest BCUT2D eigenvalue weighted by molar-refractivity contribution is 0.0517. The van der Waals surface area contributed by atoms with Crippen LogP contribution in [0, 0.1) is 11.3 Å². The molecule has 0 bridgehead atoms. The molecule has 0 aromatic rings. The average Bonchev–Trinajstić information content (AvgIpc) is 3.02. The molecule has 0 saturated heterocycles. The summed E-state index contributed by atoms with van der Waals surface area (Å²) in [5.74, 6) is 0.484. The summed E-state index contributed by atoms with van der Waals surface area (Å²) >= 11 is 0. The van der Waals surface area contributed by atoms with Crippen LogP contribution in [0.4, 0.5) is 4.79 Å². The third-order valence-corrected chi connectivity index (χ3v) is 4.91. The summed E-state index contributed by atoms with van der Waals surface area (Å²) in [6, 6.07) is 0.478. The molecule has 2 aliphatic rings. The van der Waals surface area contributed by atoms with E-state index in [2.05, 4.69) is 10.6 Å². The summed E-state index contributed by atoms with van der Waals surface area (Å²) in [7, 11) is 0. The molecule has 0 aliphatic heterocycles. The Hall–Kier alpha value is -0.810. The van der Waals surface area contributed by atoms with Crippen molar-refractivity contribution >= 4 is 6.09 Å². The van der Waals surface area contributed by atoms with Gasteiger partial charge in [-0.3, -0.25) is 0 Å². The molecule has 0 spiro atoms. The Morgan fingerprint density at radius 3 is 2.64 bits per heavy atom. The molecule has 2 unspecified atom stereocenters. The second-order valence-electron chi connectivity index (χ2n) is 8.03. The second kappa shape index (κ2) is 7.18. The van der Waals surface area contributed by atoms with Gasteiger partial charge >= 0.3 is 6.09 Å². The first-order valence-corrected chi connectivity index (χ1v) is 8.65. The molecule has 2 fully saturated rings. The molecular weight excluding hydrogens is 280 g/mol. The van der Waals surface area contributed by atoms with Gasteiger partial charge in [0.2, 0.25) is 0 Å². The van der Waals surface area contributed by atoms with E-state index in [-0.39, 0.29) is 12.7 Å². The molecule has 1 amide bonds. The number of carbonyl (C=O) groups excluding carboxylic acids is 1. The molecule has 2 saturated carbocycles. The maximum absolute atomic E-state index is 11.8. The highest BCUT2D eigenvalue weighted by molar-refractivity contribution is 5.67. The average molecular weight is 312 g/mol. The number of amides is 1. The first kappa shape index (κ1) is 17.5. The molecule has 5 nitrogen and oxygen atoms in total. The molecule has 22 heavy (non-hydrogen) atoms. The largest absolute Gasteiger partial charge is 0.444 e.